The Bertz CT molecular complexity index is 949. The van der Waals surface area contributed by atoms with Gasteiger partial charge < -0.3 is 10.6 Å². The molecule has 2 heterocycles. The zero-order valence-electron chi connectivity index (χ0n) is 12.5. The largest absolute Gasteiger partial charge is 0.343 e. The van der Waals surface area contributed by atoms with Crippen LogP contribution >= 0.6 is 0 Å². The van der Waals surface area contributed by atoms with Gasteiger partial charge in [0.25, 0.3) is 0 Å². The third kappa shape index (κ3) is 2.40. The maximum atomic E-state index is 12.9. The molecule has 4 rings (SSSR count). The molecule has 1 amide bonds. The van der Waals surface area contributed by atoms with E-state index in [1.165, 1.54) is 28.8 Å². The van der Waals surface area contributed by atoms with Crippen LogP contribution in [0.3, 0.4) is 0 Å². The van der Waals surface area contributed by atoms with E-state index < -0.39 is 6.04 Å². The minimum absolute atomic E-state index is 0.0143. The zero-order chi connectivity index (χ0) is 16.7. The van der Waals surface area contributed by atoms with Gasteiger partial charge in [-0.1, -0.05) is 12.1 Å². The summed E-state index contributed by atoms with van der Waals surface area (Å²) < 4.78 is 14.4. The number of amides is 1. The molecule has 1 aliphatic rings. The first-order valence-corrected chi connectivity index (χ1v) is 7.45. The number of nitrogens with one attached hydrogen (secondary N) is 2. The van der Waals surface area contributed by atoms with Crippen molar-refractivity contribution in [2.45, 2.75) is 12.5 Å². The number of halogens is 1. The lowest BCUT2D eigenvalue weighted by atomic mass is 10.1. The number of carbonyl (C=O) groups excluding carboxylic acids is 2. The third-order valence-electron chi connectivity index (χ3n) is 3.92. The van der Waals surface area contributed by atoms with Gasteiger partial charge in [-0.3, -0.25) is 9.59 Å². The van der Waals surface area contributed by atoms with E-state index in [1.54, 1.807) is 0 Å². The fourth-order valence-electron chi connectivity index (χ4n) is 2.77. The van der Waals surface area contributed by atoms with Crippen LogP contribution in [0.1, 0.15) is 11.2 Å². The van der Waals surface area contributed by atoms with E-state index in [0.29, 0.717) is 22.7 Å². The molecule has 3 aromatic rings. The molecule has 1 aromatic heterocycles. The summed E-state index contributed by atoms with van der Waals surface area (Å²) in [6, 6.07) is 12.0. The molecule has 0 saturated carbocycles. The van der Waals surface area contributed by atoms with Crippen molar-refractivity contribution in [3.63, 3.8) is 0 Å². The highest BCUT2D eigenvalue weighted by Crippen LogP contribution is 2.25. The van der Waals surface area contributed by atoms with Crippen molar-refractivity contribution in [2.75, 3.05) is 10.6 Å². The van der Waals surface area contributed by atoms with Crippen LogP contribution in [0.2, 0.25) is 0 Å². The van der Waals surface area contributed by atoms with Gasteiger partial charge in [-0.15, -0.1) is 0 Å². The van der Waals surface area contributed by atoms with Crippen molar-refractivity contribution in [1.29, 1.82) is 0 Å². The normalized spacial score (nSPS) is 16.5. The number of anilines is 2. The summed E-state index contributed by atoms with van der Waals surface area (Å²) in [6.45, 7) is 0. The molecular weight excluding hydrogens is 311 g/mol. The summed E-state index contributed by atoms with van der Waals surface area (Å²) in [6.07, 6.45) is 0.0143. The van der Waals surface area contributed by atoms with Gasteiger partial charge in [-0.2, -0.15) is 0 Å². The summed E-state index contributed by atoms with van der Waals surface area (Å²) in [5.74, 6) is -0.593. The minimum Gasteiger partial charge on any atom is -0.343 e. The van der Waals surface area contributed by atoms with E-state index in [4.69, 9.17) is 0 Å². The number of benzene rings is 2. The van der Waals surface area contributed by atoms with E-state index in [2.05, 4.69) is 15.6 Å². The lowest BCUT2D eigenvalue weighted by molar-refractivity contribution is -0.117. The van der Waals surface area contributed by atoms with E-state index in [-0.39, 0.29) is 24.1 Å². The fraction of sp³-hybridized carbons (Fsp3) is 0.118. The molecule has 0 fully saturated rings. The smallest absolute Gasteiger partial charge is 0.247 e. The molecule has 0 unspecified atom stereocenters. The highest BCUT2D eigenvalue weighted by atomic mass is 19.1. The highest BCUT2D eigenvalue weighted by molar-refractivity contribution is 6.04. The fourth-order valence-corrected chi connectivity index (χ4v) is 2.77. The summed E-state index contributed by atoms with van der Waals surface area (Å²) in [7, 11) is 0. The first-order valence-electron chi connectivity index (χ1n) is 7.45. The number of para-hydroxylation sites is 2. The maximum absolute atomic E-state index is 12.9. The number of hydrogen-bond acceptors (Lipinski definition) is 4. The Kier molecular flexibility index (Phi) is 3.26. The molecule has 7 heteroatoms. The number of hydrogen-bond donors (Lipinski definition) is 2. The Morgan fingerprint density at radius 3 is 2.75 bits per heavy atom. The minimum atomic E-state index is -0.730. The predicted molar refractivity (Wildman–Crippen MR) is 87.4 cm³/mol. The SMILES string of the molecule is O=C(Nc1ccc(F)cc1)[C@@H]1CC(=O)n2c(nc3ccccc32)N1. The second-order valence-corrected chi connectivity index (χ2v) is 5.55. The molecule has 0 saturated heterocycles. The topological polar surface area (TPSA) is 76.0 Å². The molecule has 1 aliphatic heterocycles. The first kappa shape index (κ1) is 14.4. The van der Waals surface area contributed by atoms with Gasteiger partial charge in [0, 0.05) is 5.69 Å². The number of nitrogens with zero attached hydrogens (tertiary/aromatic N) is 2. The number of imidazole rings is 1. The highest BCUT2D eigenvalue weighted by Gasteiger charge is 2.31. The van der Waals surface area contributed by atoms with Crippen LogP contribution in [-0.4, -0.2) is 27.4 Å². The maximum Gasteiger partial charge on any atom is 0.247 e. The van der Waals surface area contributed by atoms with Gasteiger partial charge in [0.15, 0.2) is 0 Å². The third-order valence-corrected chi connectivity index (χ3v) is 3.92. The van der Waals surface area contributed by atoms with Gasteiger partial charge in [-0.25, -0.2) is 13.9 Å². The molecule has 0 bridgehead atoms. The average molecular weight is 324 g/mol. The van der Waals surface area contributed by atoms with Crippen molar-refractivity contribution in [3.8, 4) is 0 Å². The van der Waals surface area contributed by atoms with Crippen molar-refractivity contribution >= 4 is 34.5 Å². The van der Waals surface area contributed by atoms with E-state index in [1.807, 2.05) is 24.3 Å². The van der Waals surface area contributed by atoms with Crippen LogP contribution in [0.15, 0.2) is 48.5 Å². The number of rotatable bonds is 2. The molecule has 2 aromatic carbocycles. The monoisotopic (exact) mass is 324 g/mol. The van der Waals surface area contributed by atoms with Crippen molar-refractivity contribution in [3.05, 3.63) is 54.3 Å². The molecule has 0 spiro atoms. The lowest BCUT2D eigenvalue weighted by Gasteiger charge is -2.23. The van der Waals surface area contributed by atoms with Gasteiger partial charge in [0.1, 0.15) is 11.9 Å². The molecule has 0 radical (unpaired) electrons. The van der Waals surface area contributed by atoms with Crippen molar-refractivity contribution in [1.82, 2.24) is 9.55 Å². The van der Waals surface area contributed by atoms with Gasteiger partial charge in [0.2, 0.25) is 17.8 Å². The summed E-state index contributed by atoms with van der Waals surface area (Å²) in [4.78, 5) is 29.1. The Morgan fingerprint density at radius 2 is 1.96 bits per heavy atom. The quantitative estimate of drug-likeness (QED) is 0.760. The van der Waals surface area contributed by atoms with E-state index >= 15 is 0 Å². The van der Waals surface area contributed by atoms with Crippen LogP contribution in [-0.2, 0) is 4.79 Å². The lowest BCUT2D eigenvalue weighted by Crippen LogP contribution is -2.42. The first-order chi connectivity index (χ1) is 11.6. The molecular formula is C17H13FN4O2. The molecule has 120 valence electrons. The van der Waals surface area contributed by atoms with Crippen molar-refractivity contribution in [2.24, 2.45) is 0 Å². The predicted octanol–water partition coefficient (Wildman–Crippen LogP) is 2.64. The summed E-state index contributed by atoms with van der Waals surface area (Å²) in [5, 5.41) is 5.66. The van der Waals surface area contributed by atoms with Gasteiger partial charge in [-0.05, 0) is 36.4 Å². The van der Waals surface area contributed by atoms with Crippen molar-refractivity contribution < 1.29 is 14.0 Å². The molecule has 24 heavy (non-hydrogen) atoms. The van der Waals surface area contributed by atoms with E-state index in [0.717, 1.165) is 0 Å². The Balaban J connectivity index is 1.59. The standard InChI is InChI=1S/C17H13FN4O2/c18-10-5-7-11(8-6-10)19-16(24)13-9-15(23)22-14-4-2-1-3-12(14)20-17(22)21-13/h1-8,13H,9H2,(H,19,24)(H,20,21)/t13-/m0/s1. The molecule has 0 aliphatic carbocycles. The Labute approximate surface area is 136 Å². The second kappa shape index (κ2) is 5.45. The average Bonchev–Trinajstić information content (AvgIpc) is 2.95. The van der Waals surface area contributed by atoms with Crippen LogP contribution in [0.4, 0.5) is 16.0 Å². The van der Waals surface area contributed by atoms with E-state index in [9.17, 15) is 14.0 Å². The Hall–Kier alpha value is -3.22. The molecule has 2 N–H and O–H groups in total. The zero-order valence-corrected chi connectivity index (χ0v) is 12.5. The van der Waals surface area contributed by atoms with Gasteiger partial charge >= 0.3 is 0 Å². The number of fused-ring (bicyclic) bond motifs is 3. The van der Waals surface area contributed by atoms with Gasteiger partial charge in [0.05, 0.1) is 17.5 Å². The summed E-state index contributed by atoms with van der Waals surface area (Å²) in [5.41, 5.74) is 1.87. The van der Waals surface area contributed by atoms with Crippen LogP contribution < -0.4 is 10.6 Å². The number of carbonyl (C=O) groups is 2. The number of aromatic nitrogens is 2. The Morgan fingerprint density at radius 1 is 1.21 bits per heavy atom. The second-order valence-electron chi connectivity index (χ2n) is 5.55. The molecule has 6 nitrogen and oxygen atoms in total. The van der Waals surface area contributed by atoms with Crippen LogP contribution in [0.25, 0.3) is 11.0 Å². The molecule has 1 atom stereocenters. The summed E-state index contributed by atoms with van der Waals surface area (Å²) >= 11 is 0. The van der Waals surface area contributed by atoms with Crippen LogP contribution in [0.5, 0.6) is 0 Å². The van der Waals surface area contributed by atoms with Crippen LogP contribution in [0, 0.1) is 5.82 Å².